The first kappa shape index (κ1) is 16.5. The van der Waals surface area contributed by atoms with Crippen molar-refractivity contribution in [3.63, 3.8) is 0 Å². The second-order valence-electron chi connectivity index (χ2n) is 5.37. The molecule has 0 bridgehead atoms. The molecule has 1 unspecified atom stereocenters. The number of anilines is 1. The molecule has 112 valence electrons. The Kier molecular flexibility index (Phi) is 6.48. The Bertz CT molecular complexity index is 416. The van der Waals surface area contributed by atoms with Crippen molar-refractivity contribution in [2.75, 3.05) is 46.2 Å². The van der Waals surface area contributed by atoms with Gasteiger partial charge in [-0.3, -0.25) is 4.79 Å². The Hall–Kier alpha value is -1.59. The number of hydrogen-bond acceptors (Lipinski definition) is 4. The van der Waals surface area contributed by atoms with Crippen LogP contribution in [0.5, 0.6) is 0 Å². The quantitative estimate of drug-likeness (QED) is 0.705. The summed E-state index contributed by atoms with van der Waals surface area (Å²) in [6.45, 7) is 1.63. The molecule has 0 saturated heterocycles. The molecule has 1 aromatic rings. The van der Waals surface area contributed by atoms with Gasteiger partial charge in [-0.25, -0.2) is 0 Å². The number of nitrogens with one attached hydrogen (secondary N) is 1. The topological polar surface area (TPSA) is 55.8 Å². The second-order valence-corrected chi connectivity index (χ2v) is 5.37. The maximum Gasteiger partial charge on any atom is 0.325 e. The van der Waals surface area contributed by atoms with Gasteiger partial charge in [0, 0.05) is 19.8 Å². The van der Waals surface area contributed by atoms with Gasteiger partial charge in [-0.15, -0.1) is 0 Å². The molecule has 5 heteroatoms. The zero-order valence-electron chi connectivity index (χ0n) is 12.8. The molecule has 0 spiro atoms. The summed E-state index contributed by atoms with van der Waals surface area (Å²) in [4.78, 5) is 15.4. The summed E-state index contributed by atoms with van der Waals surface area (Å²) in [7, 11) is 7.94. The van der Waals surface area contributed by atoms with Crippen molar-refractivity contribution in [1.29, 1.82) is 0 Å². The summed E-state index contributed by atoms with van der Waals surface area (Å²) in [6.07, 6.45) is 0.923. The highest BCUT2D eigenvalue weighted by Crippen LogP contribution is 2.18. The number of benzene rings is 1. The molecule has 1 aromatic carbocycles. The van der Waals surface area contributed by atoms with Gasteiger partial charge in [0.25, 0.3) is 0 Å². The second kappa shape index (κ2) is 7.87. The highest BCUT2D eigenvalue weighted by Gasteiger charge is 2.18. The van der Waals surface area contributed by atoms with Crippen LogP contribution in [0.1, 0.15) is 18.0 Å². The maximum atomic E-state index is 11.4. The van der Waals surface area contributed by atoms with Crippen LogP contribution in [0.15, 0.2) is 24.3 Å². The Balaban J connectivity index is 2.63. The summed E-state index contributed by atoms with van der Waals surface area (Å²) in [5.41, 5.74) is 1.85. The number of nitrogens with zero attached hydrogens (tertiary/aromatic N) is 2. The summed E-state index contributed by atoms with van der Waals surface area (Å²) in [5.74, 6) is -0.840. The van der Waals surface area contributed by atoms with E-state index in [0.29, 0.717) is 6.54 Å². The van der Waals surface area contributed by atoms with E-state index in [2.05, 4.69) is 10.2 Å². The predicted molar refractivity (Wildman–Crippen MR) is 82.3 cm³/mol. The lowest BCUT2D eigenvalue weighted by atomic mass is 10.1. The molecule has 20 heavy (non-hydrogen) atoms. The monoisotopic (exact) mass is 279 g/mol. The average molecular weight is 279 g/mol. The van der Waals surface area contributed by atoms with Crippen molar-refractivity contribution in [2.24, 2.45) is 0 Å². The van der Waals surface area contributed by atoms with Crippen molar-refractivity contribution in [2.45, 2.75) is 12.5 Å². The van der Waals surface area contributed by atoms with Crippen LogP contribution in [-0.4, -0.2) is 57.3 Å². The third-order valence-electron chi connectivity index (χ3n) is 3.12. The minimum absolute atomic E-state index is 0.645. The average Bonchev–Trinajstić information content (AvgIpc) is 2.38. The lowest BCUT2D eigenvalue weighted by molar-refractivity contribution is -0.139. The van der Waals surface area contributed by atoms with Gasteiger partial charge in [0.2, 0.25) is 0 Å². The first-order chi connectivity index (χ1) is 9.41. The number of carboxylic acid groups (broad SMARTS) is 1. The molecule has 2 N–H and O–H groups in total. The van der Waals surface area contributed by atoms with Gasteiger partial charge >= 0.3 is 5.97 Å². The van der Waals surface area contributed by atoms with Crippen LogP contribution in [0.25, 0.3) is 0 Å². The normalized spacial score (nSPS) is 12.4. The van der Waals surface area contributed by atoms with Gasteiger partial charge in [0.15, 0.2) is 0 Å². The van der Waals surface area contributed by atoms with Crippen molar-refractivity contribution >= 4 is 11.7 Å². The van der Waals surface area contributed by atoms with Crippen LogP contribution in [0.4, 0.5) is 5.69 Å². The van der Waals surface area contributed by atoms with Crippen LogP contribution in [0.2, 0.25) is 0 Å². The molecule has 5 nitrogen and oxygen atoms in total. The lowest BCUT2D eigenvalue weighted by Crippen LogP contribution is -2.30. The fourth-order valence-electron chi connectivity index (χ4n) is 1.95. The van der Waals surface area contributed by atoms with E-state index in [-0.39, 0.29) is 0 Å². The molecular weight excluding hydrogens is 254 g/mol. The van der Waals surface area contributed by atoms with E-state index in [4.69, 9.17) is 0 Å². The van der Waals surface area contributed by atoms with E-state index in [1.165, 1.54) is 0 Å². The number of aliphatic carboxylic acids is 1. The fraction of sp³-hybridized carbons (Fsp3) is 0.533. The van der Waals surface area contributed by atoms with Crippen LogP contribution in [-0.2, 0) is 4.79 Å². The molecule has 0 aliphatic heterocycles. The summed E-state index contributed by atoms with van der Waals surface area (Å²) in [6, 6.07) is 6.97. The third-order valence-corrected chi connectivity index (χ3v) is 3.12. The third kappa shape index (κ3) is 5.19. The molecule has 0 radical (unpaired) electrons. The number of rotatable bonds is 8. The van der Waals surface area contributed by atoms with Gasteiger partial charge < -0.3 is 20.2 Å². The fourth-order valence-corrected chi connectivity index (χ4v) is 1.95. The Morgan fingerprint density at radius 2 is 1.80 bits per heavy atom. The van der Waals surface area contributed by atoms with Crippen LogP contribution in [0.3, 0.4) is 0 Å². The zero-order valence-corrected chi connectivity index (χ0v) is 12.8. The summed E-state index contributed by atoms with van der Waals surface area (Å²) < 4.78 is 0. The van der Waals surface area contributed by atoms with Gasteiger partial charge in [-0.2, -0.15) is 0 Å². The van der Waals surface area contributed by atoms with Crippen molar-refractivity contribution in [3.05, 3.63) is 29.8 Å². The van der Waals surface area contributed by atoms with Gasteiger partial charge in [-0.1, -0.05) is 12.1 Å². The molecular formula is C15H25N3O2. The smallest absolute Gasteiger partial charge is 0.325 e. The van der Waals surface area contributed by atoms with Crippen molar-refractivity contribution in [3.8, 4) is 0 Å². The molecule has 0 aromatic heterocycles. The van der Waals surface area contributed by atoms with Crippen LogP contribution in [0, 0.1) is 0 Å². The molecule has 0 aliphatic carbocycles. The predicted octanol–water partition coefficient (Wildman–Crippen LogP) is 1.42. The SMILES string of the molecule is CN(C)CCCNC(C(=O)O)c1ccc(N(C)C)cc1. The summed E-state index contributed by atoms with van der Waals surface area (Å²) in [5, 5.41) is 12.4. The molecule has 0 fully saturated rings. The minimum Gasteiger partial charge on any atom is -0.480 e. The number of carbonyl (C=O) groups is 1. The Morgan fingerprint density at radius 3 is 2.25 bits per heavy atom. The minimum atomic E-state index is -0.840. The molecule has 0 saturated carbocycles. The van der Waals surface area contributed by atoms with Gasteiger partial charge in [0.05, 0.1) is 0 Å². The Labute approximate surface area is 121 Å². The molecule has 1 rings (SSSR count). The van der Waals surface area contributed by atoms with Gasteiger partial charge in [0.1, 0.15) is 6.04 Å². The van der Waals surface area contributed by atoms with E-state index in [1.54, 1.807) is 0 Å². The maximum absolute atomic E-state index is 11.4. The van der Waals surface area contributed by atoms with Crippen LogP contribution >= 0.6 is 0 Å². The molecule has 0 aliphatic rings. The largest absolute Gasteiger partial charge is 0.480 e. The van der Waals surface area contributed by atoms with E-state index in [0.717, 1.165) is 24.2 Å². The van der Waals surface area contributed by atoms with E-state index in [1.807, 2.05) is 57.4 Å². The first-order valence-corrected chi connectivity index (χ1v) is 6.80. The highest BCUT2D eigenvalue weighted by atomic mass is 16.4. The lowest BCUT2D eigenvalue weighted by Gasteiger charge is -2.18. The molecule has 1 atom stereocenters. The van der Waals surface area contributed by atoms with E-state index < -0.39 is 12.0 Å². The van der Waals surface area contributed by atoms with E-state index in [9.17, 15) is 9.90 Å². The van der Waals surface area contributed by atoms with Crippen LogP contribution < -0.4 is 10.2 Å². The zero-order chi connectivity index (χ0) is 15.1. The van der Waals surface area contributed by atoms with E-state index >= 15 is 0 Å². The summed E-state index contributed by atoms with van der Waals surface area (Å²) >= 11 is 0. The van der Waals surface area contributed by atoms with Crippen molar-refractivity contribution in [1.82, 2.24) is 10.2 Å². The highest BCUT2D eigenvalue weighted by molar-refractivity contribution is 5.75. The van der Waals surface area contributed by atoms with Crippen molar-refractivity contribution < 1.29 is 9.90 Å². The molecule has 0 heterocycles. The first-order valence-electron chi connectivity index (χ1n) is 6.80. The number of carboxylic acids is 1. The standard InChI is InChI=1S/C15H25N3O2/c1-17(2)11-5-10-16-14(15(19)20)12-6-8-13(9-7-12)18(3)4/h6-9,14,16H,5,10-11H2,1-4H3,(H,19,20). The van der Waals surface area contributed by atoms with Gasteiger partial charge in [-0.05, 0) is 51.3 Å². The molecule has 0 amide bonds. The number of hydrogen-bond donors (Lipinski definition) is 2. The Morgan fingerprint density at radius 1 is 1.20 bits per heavy atom.